The van der Waals surface area contributed by atoms with Crippen LogP contribution in [0.15, 0.2) is 46.7 Å². The molecular formula is C11H10O3S2. The first-order valence-electron chi connectivity index (χ1n) is 4.58. The minimum absolute atomic E-state index is 0.181. The SMILES string of the molecule is COS(=O)(=O)c1cccc(-c2cccs2)c1. The van der Waals surface area contributed by atoms with E-state index in [4.69, 9.17) is 0 Å². The van der Waals surface area contributed by atoms with E-state index in [1.165, 1.54) is 6.07 Å². The summed E-state index contributed by atoms with van der Waals surface area (Å²) in [5, 5.41) is 1.95. The van der Waals surface area contributed by atoms with Crippen LogP contribution in [0.5, 0.6) is 0 Å². The Morgan fingerprint density at radius 3 is 2.62 bits per heavy atom. The molecule has 5 heteroatoms. The fourth-order valence-electron chi connectivity index (χ4n) is 1.34. The van der Waals surface area contributed by atoms with Crippen LogP contribution in [0.1, 0.15) is 0 Å². The Bertz CT molecular complexity index is 571. The highest BCUT2D eigenvalue weighted by Gasteiger charge is 2.13. The number of hydrogen-bond donors (Lipinski definition) is 0. The van der Waals surface area contributed by atoms with Crippen LogP contribution in [0.3, 0.4) is 0 Å². The highest BCUT2D eigenvalue weighted by molar-refractivity contribution is 7.86. The molecule has 0 saturated carbocycles. The zero-order valence-electron chi connectivity index (χ0n) is 8.58. The molecule has 0 atom stereocenters. The molecule has 0 aliphatic rings. The molecule has 2 aromatic rings. The minimum Gasteiger partial charge on any atom is -0.270 e. The van der Waals surface area contributed by atoms with Crippen molar-refractivity contribution in [3.05, 3.63) is 41.8 Å². The zero-order chi connectivity index (χ0) is 11.6. The molecule has 0 amide bonds. The Morgan fingerprint density at radius 1 is 1.19 bits per heavy atom. The first kappa shape index (κ1) is 11.3. The molecule has 3 nitrogen and oxygen atoms in total. The second kappa shape index (κ2) is 4.37. The van der Waals surface area contributed by atoms with Crippen LogP contribution in [-0.2, 0) is 14.3 Å². The molecule has 0 radical (unpaired) electrons. The van der Waals surface area contributed by atoms with Gasteiger partial charge in [-0.05, 0) is 29.1 Å². The van der Waals surface area contributed by atoms with Crippen molar-refractivity contribution in [2.75, 3.05) is 7.11 Å². The van der Waals surface area contributed by atoms with Crippen molar-refractivity contribution in [3.8, 4) is 10.4 Å². The van der Waals surface area contributed by atoms with Gasteiger partial charge in [0.05, 0.1) is 12.0 Å². The van der Waals surface area contributed by atoms with Crippen LogP contribution in [0.2, 0.25) is 0 Å². The third kappa shape index (κ3) is 2.16. The van der Waals surface area contributed by atoms with E-state index in [0.717, 1.165) is 17.6 Å². The first-order valence-corrected chi connectivity index (χ1v) is 6.87. The maximum absolute atomic E-state index is 11.5. The molecule has 0 aliphatic carbocycles. The average Bonchev–Trinajstić information content (AvgIpc) is 2.83. The summed E-state index contributed by atoms with van der Waals surface area (Å²) in [6.07, 6.45) is 0. The summed E-state index contributed by atoms with van der Waals surface area (Å²) in [5.41, 5.74) is 0.883. The smallest absolute Gasteiger partial charge is 0.270 e. The average molecular weight is 254 g/mol. The molecule has 0 fully saturated rings. The van der Waals surface area contributed by atoms with Crippen molar-refractivity contribution in [1.29, 1.82) is 0 Å². The minimum atomic E-state index is -3.61. The fraction of sp³-hybridized carbons (Fsp3) is 0.0909. The highest BCUT2D eigenvalue weighted by Crippen LogP contribution is 2.26. The zero-order valence-corrected chi connectivity index (χ0v) is 10.2. The third-order valence-electron chi connectivity index (χ3n) is 2.15. The lowest BCUT2D eigenvalue weighted by molar-refractivity contribution is 0.398. The molecule has 0 unspecified atom stereocenters. The van der Waals surface area contributed by atoms with E-state index in [9.17, 15) is 8.42 Å². The van der Waals surface area contributed by atoms with Gasteiger partial charge in [-0.25, -0.2) is 0 Å². The van der Waals surface area contributed by atoms with Crippen LogP contribution in [0.4, 0.5) is 0 Å². The molecule has 84 valence electrons. The van der Waals surface area contributed by atoms with E-state index in [0.29, 0.717) is 0 Å². The number of thiophene rings is 1. The van der Waals surface area contributed by atoms with Crippen molar-refractivity contribution in [1.82, 2.24) is 0 Å². The van der Waals surface area contributed by atoms with Crippen LogP contribution in [-0.4, -0.2) is 15.5 Å². The van der Waals surface area contributed by atoms with Gasteiger partial charge in [0.1, 0.15) is 0 Å². The van der Waals surface area contributed by atoms with Gasteiger partial charge in [0, 0.05) is 4.88 Å². The van der Waals surface area contributed by atoms with Gasteiger partial charge in [0.25, 0.3) is 10.1 Å². The summed E-state index contributed by atoms with van der Waals surface area (Å²) < 4.78 is 27.5. The summed E-state index contributed by atoms with van der Waals surface area (Å²) in [5.74, 6) is 0. The van der Waals surface area contributed by atoms with Crippen molar-refractivity contribution in [2.24, 2.45) is 0 Å². The van der Waals surface area contributed by atoms with Gasteiger partial charge in [-0.15, -0.1) is 11.3 Å². The van der Waals surface area contributed by atoms with Crippen LogP contribution >= 0.6 is 11.3 Å². The molecule has 0 saturated heterocycles. The topological polar surface area (TPSA) is 43.4 Å². The molecule has 1 aromatic heterocycles. The maximum atomic E-state index is 11.5. The molecule has 2 rings (SSSR count). The normalized spacial score (nSPS) is 11.6. The second-order valence-electron chi connectivity index (χ2n) is 3.13. The van der Waals surface area contributed by atoms with E-state index >= 15 is 0 Å². The number of benzene rings is 1. The van der Waals surface area contributed by atoms with E-state index in [-0.39, 0.29) is 4.90 Å². The molecule has 1 aromatic carbocycles. The summed E-state index contributed by atoms with van der Waals surface area (Å²) in [7, 11) is -2.45. The van der Waals surface area contributed by atoms with Gasteiger partial charge in [0.15, 0.2) is 0 Å². The van der Waals surface area contributed by atoms with Crippen molar-refractivity contribution >= 4 is 21.5 Å². The van der Waals surface area contributed by atoms with Gasteiger partial charge in [-0.2, -0.15) is 8.42 Å². The summed E-state index contributed by atoms with van der Waals surface area (Å²) in [6.45, 7) is 0. The molecule has 16 heavy (non-hydrogen) atoms. The van der Waals surface area contributed by atoms with Gasteiger partial charge < -0.3 is 0 Å². The largest absolute Gasteiger partial charge is 0.296 e. The number of hydrogen-bond acceptors (Lipinski definition) is 4. The molecule has 0 bridgehead atoms. The Hall–Kier alpha value is -1.17. The highest BCUT2D eigenvalue weighted by atomic mass is 32.2. The van der Waals surface area contributed by atoms with E-state index in [2.05, 4.69) is 4.18 Å². The van der Waals surface area contributed by atoms with Crippen LogP contribution in [0.25, 0.3) is 10.4 Å². The fourth-order valence-corrected chi connectivity index (χ4v) is 2.78. The molecule has 1 heterocycles. The van der Waals surface area contributed by atoms with Crippen LogP contribution < -0.4 is 0 Å². The molecular weight excluding hydrogens is 244 g/mol. The molecule has 0 spiro atoms. The molecule has 0 aliphatic heterocycles. The standard InChI is InChI=1S/C11H10O3S2/c1-14-16(12,13)10-5-2-4-9(8-10)11-6-3-7-15-11/h2-8H,1H3. The quantitative estimate of drug-likeness (QED) is 0.791. The Morgan fingerprint density at radius 2 is 2.00 bits per heavy atom. The van der Waals surface area contributed by atoms with E-state index < -0.39 is 10.1 Å². The summed E-state index contributed by atoms with van der Waals surface area (Å²) in [6, 6.07) is 10.6. The van der Waals surface area contributed by atoms with Gasteiger partial charge in [-0.3, -0.25) is 4.18 Å². The number of rotatable bonds is 3. The summed E-state index contributed by atoms with van der Waals surface area (Å²) in [4.78, 5) is 1.22. The van der Waals surface area contributed by atoms with E-state index in [1.807, 2.05) is 23.6 Å². The van der Waals surface area contributed by atoms with E-state index in [1.54, 1.807) is 23.5 Å². The van der Waals surface area contributed by atoms with Gasteiger partial charge in [-0.1, -0.05) is 18.2 Å². The predicted molar refractivity (Wildman–Crippen MR) is 63.9 cm³/mol. The lowest BCUT2D eigenvalue weighted by atomic mass is 10.2. The van der Waals surface area contributed by atoms with Crippen molar-refractivity contribution < 1.29 is 12.6 Å². The Balaban J connectivity index is 2.50. The maximum Gasteiger partial charge on any atom is 0.296 e. The van der Waals surface area contributed by atoms with Crippen molar-refractivity contribution in [3.63, 3.8) is 0 Å². The monoisotopic (exact) mass is 254 g/mol. The molecule has 0 N–H and O–H groups in total. The van der Waals surface area contributed by atoms with Gasteiger partial charge >= 0.3 is 0 Å². The predicted octanol–water partition coefficient (Wildman–Crippen LogP) is 2.75. The van der Waals surface area contributed by atoms with Crippen molar-refractivity contribution in [2.45, 2.75) is 4.90 Å². The second-order valence-corrected chi connectivity index (χ2v) is 5.79. The lowest BCUT2D eigenvalue weighted by Gasteiger charge is -2.03. The van der Waals surface area contributed by atoms with Gasteiger partial charge in [0.2, 0.25) is 0 Å². The summed E-state index contributed by atoms with van der Waals surface area (Å²) >= 11 is 1.57. The third-order valence-corrected chi connectivity index (χ3v) is 4.34. The Labute approximate surface area is 98.4 Å². The van der Waals surface area contributed by atoms with Crippen LogP contribution in [0, 0.1) is 0 Å². The Kier molecular flexibility index (Phi) is 3.09. The lowest BCUT2D eigenvalue weighted by Crippen LogP contribution is -2.02. The first-order chi connectivity index (χ1) is 7.63.